The first kappa shape index (κ1) is 29.9. The van der Waals surface area contributed by atoms with Crippen molar-refractivity contribution in [3.63, 3.8) is 0 Å². The van der Waals surface area contributed by atoms with Crippen LogP contribution in [0.1, 0.15) is 13.8 Å². The largest absolute Gasteiger partial charge is 0.539 e. The molecule has 35 heavy (non-hydrogen) atoms. The summed E-state index contributed by atoms with van der Waals surface area (Å²) < 4.78 is 31.8. The van der Waals surface area contributed by atoms with E-state index < -0.39 is 62.0 Å². The average molecular weight is 559 g/mol. The Bertz CT molecular complexity index is 1000. The molecule has 8 nitrogen and oxygen atoms in total. The molecule has 2 atom stereocenters. The van der Waals surface area contributed by atoms with E-state index in [4.69, 9.17) is 22.4 Å². The molecule has 0 aromatic rings. The van der Waals surface area contributed by atoms with E-state index in [-0.39, 0.29) is 22.9 Å². The number of Topliss-reactive ketones (excluding diaryl/α,β-unsaturated/α-hetero) is 3. The first-order chi connectivity index (χ1) is 15.4. The summed E-state index contributed by atoms with van der Waals surface area (Å²) in [6.07, 6.45) is 0. The van der Waals surface area contributed by atoms with E-state index in [0.29, 0.717) is 0 Å². The smallest absolute Gasteiger partial charge is 0.310 e. The SMILES string of the molecule is CC(=O)C1=C(C)OC2(O[Si](C)(C)C)C(=O)C(O[Si](C)(C)C)=C(O[Si](C)(C)C)C(=O)C12O[Si](C)(C)C. The zero-order valence-corrected chi connectivity index (χ0v) is 27.8. The fourth-order valence-electron chi connectivity index (χ4n) is 4.22. The number of ether oxygens (including phenoxy) is 1. The summed E-state index contributed by atoms with van der Waals surface area (Å²) in [6.45, 7) is 25.7. The monoisotopic (exact) mass is 558 g/mol. The van der Waals surface area contributed by atoms with Gasteiger partial charge < -0.3 is 22.4 Å². The summed E-state index contributed by atoms with van der Waals surface area (Å²) in [4.78, 5) is 42.3. The van der Waals surface area contributed by atoms with Crippen molar-refractivity contribution in [1.82, 2.24) is 0 Å². The first-order valence-corrected chi connectivity index (χ1v) is 25.5. The van der Waals surface area contributed by atoms with Crippen molar-refractivity contribution in [2.45, 2.75) is 104 Å². The second-order valence-electron chi connectivity index (χ2n) is 13.1. The Labute approximate surface area is 213 Å². The average Bonchev–Trinajstić information content (AvgIpc) is 2.80. The summed E-state index contributed by atoms with van der Waals surface area (Å²) >= 11 is 0. The zero-order valence-electron chi connectivity index (χ0n) is 23.8. The maximum absolute atomic E-state index is 14.7. The number of allylic oxidation sites excluding steroid dienone is 1. The summed E-state index contributed by atoms with van der Waals surface area (Å²) in [5, 5.41) is 0. The Morgan fingerprint density at radius 1 is 0.686 bits per heavy atom. The third kappa shape index (κ3) is 5.82. The maximum atomic E-state index is 14.7. The number of fused-ring (bicyclic) bond motifs is 1. The number of hydrogen-bond acceptors (Lipinski definition) is 8. The van der Waals surface area contributed by atoms with Gasteiger partial charge in [-0.1, -0.05) is 0 Å². The molecule has 0 aromatic heterocycles. The van der Waals surface area contributed by atoms with Gasteiger partial charge in [0.05, 0.1) is 5.57 Å². The van der Waals surface area contributed by atoms with Crippen molar-refractivity contribution in [2.75, 3.05) is 0 Å². The minimum Gasteiger partial charge on any atom is -0.539 e. The standard InChI is InChI=1S/C23H42O8Si4/c1-15(24)17-16(2)27-23(31-35(12,13)14)21(26)19(29-33(6,7)8)18(28-32(3,4)5)20(25)22(17,23)30-34(9,10)11/h1-14H3. The van der Waals surface area contributed by atoms with Crippen LogP contribution in [0.5, 0.6) is 0 Å². The van der Waals surface area contributed by atoms with Gasteiger partial charge in [0.25, 0.3) is 5.78 Å². The van der Waals surface area contributed by atoms with Gasteiger partial charge in [0.1, 0.15) is 5.76 Å². The molecule has 0 spiro atoms. The van der Waals surface area contributed by atoms with Gasteiger partial charge >= 0.3 is 5.79 Å². The van der Waals surface area contributed by atoms with Crippen LogP contribution in [0.2, 0.25) is 78.6 Å². The molecule has 0 fully saturated rings. The molecular weight excluding hydrogens is 517 g/mol. The lowest BCUT2D eigenvalue weighted by Gasteiger charge is -2.50. The minimum atomic E-state index is -2.61. The molecule has 1 aliphatic heterocycles. The maximum Gasteiger partial charge on any atom is 0.310 e. The van der Waals surface area contributed by atoms with Crippen LogP contribution in [0.3, 0.4) is 0 Å². The highest BCUT2D eigenvalue weighted by Crippen LogP contribution is 2.55. The first-order valence-electron chi connectivity index (χ1n) is 11.9. The molecule has 0 radical (unpaired) electrons. The number of hydrogen-bond donors (Lipinski definition) is 0. The Morgan fingerprint density at radius 3 is 1.43 bits per heavy atom. The van der Waals surface area contributed by atoms with Crippen molar-refractivity contribution in [3.05, 3.63) is 22.9 Å². The van der Waals surface area contributed by atoms with Crippen LogP contribution in [-0.4, -0.2) is 62.0 Å². The third-order valence-corrected chi connectivity index (χ3v) is 8.23. The van der Waals surface area contributed by atoms with Gasteiger partial charge in [-0.2, -0.15) is 0 Å². The highest BCUT2D eigenvalue weighted by atomic mass is 28.4. The lowest BCUT2D eigenvalue weighted by atomic mass is 9.74. The summed E-state index contributed by atoms with van der Waals surface area (Å²) in [6, 6.07) is 0. The van der Waals surface area contributed by atoms with Crippen molar-refractivity contribution in [1.29, 1.82) is 0 Å². The molecule has 0 N–H and O–H groups in total. The number of ketones is 3. The summed E-state index contributed by atoms with van der Waals surface area (Å²) in [5.41, 5.74) is -2.12. The van der Waals surface area contributed by atoms with Crippen LogP contribution >= 0.6 is 0 Å². The number of rotatable bonds is 9. The molecule has 0 saturated heterocycles. The molecule has 2 unspecified atom stereocenters. The van der Waals surface area contributed by atoms with E-state index in [0.717, 1.165) is 0 Å². The van der Waals surface area contributed by atoms with Gasteiger partial charge in [0, 0.05) is 0 Å². The molecule has 198 valence electrons. The second-order valence-corrected chi connectivity index (χ2v) is 30.8. The second kappa shape index (κ2) is 8.91. The summed E-state index contributed by atoms with van der Waals surface area (Å²) in [7, 11) is -10.0. The number of carbonyl (C=O) groups is 3. The highest BCUT2D eigenvalue weighted by Gasteiger charge is 2.78. The summed E-state index contributed by atoms with van der Waals surface area (Å²) in [5.74, 6) is -4.22. The van der Waals surface area contributed by atoms with Crippen molar-refractivity contribution in [3.8, 4) is 0 Å². The van der Waals surface area contributed by atoms with Crippen LogP contribution in [0, 0.1) is 0 Å². The van der Waals surface area contributed by atoms with E-state index in [1.165, 1.54) is 6.92 Å². The Hall–Kier alpha value is -1.32. The van der Waals surface area contributed by atoms with E-state index >= 15 is 0 Å². The van der Waals surface area contributed by atoms with E-state index in [2.05, 4.69) is 0 Å². The quantitative estimate of drug-likeness (QED) is 0.361. The zero-order chi connectivity index (χ0) is 27.6. The molecule has 0 saturated carbocycles. The molecule has 12 heteroatoms. The predicted octanol–water partition coefficient (Wildman–Crippen LogP) is 5.08. The molecule has 2 aliphatic rings. The fourth-order valence-corrected chi connectivity index (χ4v) is 8.21. The van der Waals surface area contributed by atoms with E-state index in [9.17, 15) is 14.4 Å². The molecule has 0 amide bonds. The third-order valence-electron chi connectivity index (χ3n) is 4.78. The molecule has 2 rings (SSSR count). The lowest BCUT2D eigenvalue weighted by molar-refractivity contribution is -0.223. The van der Waals surface area contributed by atoms with Crippen molar-refractivity contribution in [2.24, 2.45) is 0 Å². The van der Waals surface area contributed by atoms with E-state index in [1.54, 1.807) is 6.92 Å². The van der Waals surface area contributed by atoms with Gasteiger partial charge in [-0.15, -0.1) is 0 Å². The molecule has 1 aliphatic carbocycles. The molecule has 1 heterocycles. The van der Waals surface area contributed by atoms with E-state index in [1.807, 2.05) is 78.6 Å². The van der Waals surface area contributed by atoms with Gasteiger partial charge in [-0.3, -0.25) is 14.4 Å². The molecule has 0 aromatic carbocycles. The van der Waals surface area contributed by atoms with Crippen LogP contribution in [-0.2, 0) is 36.8 Å². The van der Waals surface area contributed by atoms with Crippen LogP contribution in [0.25, 0.3) is 0 Å². The Morgan fingerprint density at radius 2 is 1.09 bits per heavy atom. The molecule has 0 bridgehead atoms. The van der Waals surface area contributed by atoms with Crippen LogP contribution in [0.4, 0.5) is 0 Å². The Balaban J connectivity index is 3.11. The fraction of sp³-hybridized carbons (Fsp3) is 0.696. The Kier molecular flexibility index (Phi) is 7.61. The minimum absolute atomic E-state index is 0.000236. The van der Waals surface area contributed by atoms with Gasteiger partial charge in [0.15, 0.2) is 28.2 Å². The highest BCUT2D eigenvalue weighted by molar-refractivity contribution is 6.72. The number of carbonyl (C=O) groups excluding carboxylic acids is 3. The van der Waals surface area contributed by atoms with Gasteiger partial charge in [-0.05, 0) is 92.4 Å². The van der Waals surface area contributed by atoms with Gasteiger partial charge in [-0.25, -0.2) is 0 Å². The van der Waals surface area contributed by atoms with Crippen molar-refractivity contribution < 1.29 is 36.8 Å². The molecular formula is C23H42O8Si4. The van der Waals surface area contributed by atoms with Gasteiger partial charge in [0.2, 0.25) is 33.8 Å². The lowest BCUT2D eigenvalue weighted by Crippen LogP contribution is -2.73. The normalized spacial score (nSPS) is 26.1. The van der Waals surface area contributed by atoms with Crippen molar-refractivity contribution >= 4 is 50.6 Å². The topological polar surface area (TPSA) is 97.4 Å². The van der Waals surface area contributed by atoms with Crippen LogP contribution < -0.4 is 0 Å². The predicted molar refractivity (Wildman–Crippen MR) is 145 cm³/mol. The van der Waals surface area contributed by atoms with Crippen LogP contribution in [0.15, 0.2) is 22.9 Å².